The Bertz CT molecular complexity index is 628. The van der Waals surface area contributed by atoms with Gasteiger partial charge in [0.15, 0.2) is 0 Å². The van der Waals surface area contributed by atoms with Crippen molar-refractivity contribution in [2.24, 2.45) is 5.14 Å². The van der Waals surface area contributed by atoms with Crippen LogP contribution in [-0.4, -0.2) is 25.8 Å². The van der Waals surface area contributed by atoms with Crippen LogP contribution < -0.4 is 5.14 Å². The molecule has 0 bridgehead atoms. The summed E-state index contributed by atoms with van der Waals surface area (Å²) >= 11 is 2.00. The fraction of sp³-hybridized carbons (Fsp3) is 0.417. The number of amides is 1. The third-order valence-electron chi connectivity index (χ3n) is 3.28. The monoisotopic (exact) mass is 394 g/mol. The Kier molecular flexibility index (Phi) is 4.17. The van der Waals surface area contributed by atoms with E-state index in [0.29, 0.717) is 16.7 Å². The highest BCUT2D eigenvalue weighted by Crippen LogP contribution is 2.28. The van der Waals surface area contributed by atoms with Crippen LogP contribution in [0.3, 0.4) is 0 Å². The van der Waals surface area contributed by atoms with E-state index in [1.807, 2.05) is 22.6 Å². The number of sulfonamides is 1. The Morgan fingerprint density at radius 1 is 1.42 bits per heavy atom. The van der Waals surface area contributed by atoms with Gasteiger partial charge in [0.25, 0.3) is 0 Å². The Morgan fingerprint density at radius 3 is 2.68 bits per heavy atom. The van der Waals surface area contributed by atoms with Crippen molar-refractivity contribution in [2.45, 2.75) is 31.2 Å². The lowest BCUT2D eigenvalue weighted by molar-refractivity contribution is -0.129. The predicted molar refractivity (Wildman–Crippen MR) is 79.9 cm³/mol. The molecule has 0 saturated carbocycles. The molecular weight excluding hydrogens is 379 g/mol. The van der Waals surface area contributed by atoms with Crippen LogP contribution in [0.4, 0.5) is 0 Å². The second-order valence-electron chi connectivity index (χ2n) is 4.60. The zero-order valence-electron chi connectivity index (χ0n) is 10.5. The highest BCUT2D eigenvalue weighted by Gasteiger charge is 2.22. The van der Waals surface area contributed by atoms with E-state index in [2.05, 4.69) is 0 Å². The van der Waals surface area contributed by atoms with Crippen molar-refractivity contribution in [1.82, 2.24) is 4.90 Å². The van der Waals surface area contributed by atoms with E-state index in [4.69, 9.17) is 5.14 Å². The summed E-state index contributed by atoms with van der Waals surface area (Å²) in [6.07, 6.45) is 1.73. The molecule has 0 spiro atoms. The summed E-state index contributed by atoms with van der Waals surface area (Å²) in [6.45, 7) is 2.68. The molecule has 1 aliphatic rings. The first-order valence-corrected chi connectivity index (χ1v) is 8.52. The maximum absolute atomic E-state index is 11.5. The van der Waals surface area contributed by atoms with Gasteiger partial charge in [0.05, 0.1) is 4.90 Å². The van der Waals surface area contributed by atoms with E-state index in [1.165, 1.54) is 6.92 Å². The fourth-order valence-corrected chi connectivity index (χ4v) is 4.51. The molecule has 0 aromatic heterocycles. The summed E-state index contributed by atoms with van der Waals surface area (Å²) < 4.78 is 23.7. The van der Waals surface area contributed by atoms with E-state index in [0.717, 1.165) is 24.0 Å². The lowest BCUT2D eigenvalue weighted by Gasteiger charge is -2.20. The largest absolute Gasteiger partial charge is 0.339 e. The Hall–Kier alpha value is -0.670. The summed E-state index contributed by atoms with van der Waals surface area (Å²) in [5.41, 5.74) is 2.00. The minimum Gasteiger partial charge on any atom is -0.339 e. The maximum atomic E-state index is 11.5. The van der Waals surface area contributed by atoms with Crippen molar-refractivity contribution < 1.29 is 13.2 Å². The number of rotatable bonds is 1. The molecule has 0 unspecified atom stereocenters. The van der Waals surface area contributed by atoms with E-state index in [-0.39, 0.29) is 10.8 Å². The molecule has 2 rings (SSSR count). The van der Waals surface area contributed by atoms with Gasteiger partial charge in [-0.1, -0.05) is 6.07 Å². The number of hydrogen-bond donors (Lipinski definition) is 1. The van der Waals surface area contributed by atoms with Crippen LogP contribution in [0, 0.1) is 3.57 Å². The molecule has 0 saturated heterocycles. The zero-order valence-corrected chi connectivity index (χ0v) is 13.5. The summed E-state index contributed by atoms with van der Waals surface area (Å²) in [5.74, 6) is 0.00431. The van der Waals surface area contributed by atoms with Crippen LogP contribution in [0.2, 0.25) is 0 Å². The van der Waals surface area contributed by atoms with Crippen molar-refractivity contribution in [2.75, 3.05) is 6.54 Å². The van der Waals surface area contributed by atoms with Gasteiger partial charge in [0.1, 0.15) is 0 Å². The van der Waals surface area contributed by atoms with Gasteiger partial charge in [0.2, 0.25) is 15.9 Å². The van der Waals surface area contributed by atoms with Crippen molar-refractivity contribution in [3.8, 4) is 0 Å². The van der Waals surface area contributed by atoms with Gasteiger partial charge in [-0.15, -0.1) is 0 Å². The fourth-order valence-electron chi connectivity index (χ4n) is 2.26. The molecule has 0 radical (unpaired) electrons. The van der Waals surface area contributed by atoms with Crippen LogP contribution in [0.15, 0.2) is 17.0 Å². The SMILES string of the molecule is CC(=O)N1CCCc2ccc(S(N)(=O)=O)c(I)c2C1. The normalized spacial score (nSPS) is 15.8. The second kappa shape index (κ2) is 5.37. The number of aryl methyl sites for hydroxylation is 1. The van der Waals surface area contributed by atoms with E-state index >= 15 is 0 Å². The molecular formula is C12H15IN2O3S. The lowest BCUT2D eigenvalue weighted by atomic mass is 10.0. The molecule has 1 heterocycles. The molecule has 0 aliphatic carbocycles. The molecule has 2 N–H and O–H groups in total. The van der Waals surface area contributed by atoms with Gasteiger partial charge in [-0.3, -0.25) is 4.79 Å². The molecule has 19 heavy (non-hydrogen) atoms. The number of fused-ring (bicyclic) bond motifs is 1. The van der Waals surface area contributed by atoms with Crippen molar-refractivity contribution in [3.05, 3.63) is 26.8 Å². The first kappa shape index (κ1) is 14.7. The van der Waals surface area contributed by atoms with Gasteiger partial charge in [0, 0.05) is 23.6 Å². The van der Waals surface area contributed by atoms with Crippen molar-refractivity contribution in [3.63, 3.8) is 0 Å². The average Bonchev–Trinajstić information content (AvgIpc) is 2.50. The van der Waals surface area contributed by atoms with E-state index in [9.17, 15) is 13.2 Å². The van der Waals surface area contributed by atoms with Crippen LogP contribution in [-0.2, 0) is 27.8 Å². The number of carbonyl (C=O) groups excluding carboxylic acids is 1. The molecule has 1 amide bonds. The minimum absolute atomic E-state index is 0.00431. The van der Waals surface area contributed by atoms with Gasteiger partial charge in [-0.05, 0) is 52.6 Å². The van der Waals surface area contributed by atoms with Crippen molar-refractivity contribution in [1.29, 1.82) is 0 Å². The Balaban J connectivity index is 2.54. The van der Waals surface area contributed by atoms with Gasteiger partial charge in [-0.2, -0.15) is 0 Å². The summed E-state index contributed by atoms with van der Waals surface area (Å²) in [6, 6.07) is 3.36. The maximum Gasteiger partial charge on any atom is 0.239 e. The summed E-state index contributed by atoms with van der Waals surface area (Å²) in [4.78, 5) is 13.4. The first-order chi connectivity index (χ1) is 8.80. The number of benzene rings is 1. The Labute approximate surface area is 126 Å². The second-order valence-corrected chi connectivity index (χ2v) is 7.21. The zero-order chi connectivity index (χ0) is 14.2. The molecule has 104 valence electrons. The number of hydrogen-bond acceptors (Lipinski definition) is 3. The van der Waals surface area contributed by atoms with E-state index < -0.39 is 10.0 Å². The first-order valence-electron chi connectivity index (χ1n) is 5.89. The highest BCUT2D eigenvalue weighted by molar-refractivity contribution is 14.1. The summed E-state index contributed by atoms with van der Waals surface area (Å²) in [7, 11) is -3.73. The van der Waals surface area contributed by atoms with Crippen LogP contribution in [0.5, 0.6) is 0 Å². The third kappa shape index (κ3) is 3.09. The molecule has 1 aromatic carbocycles. The number of primary sulfonamides is 1. The van der Waals surface area contributed by atoms with Gasteiger partial charge in [-0.25, -0.2) is 13.6 Å². The third-order valence-corrected chi connectivity index (χ3v) is 5.83. The highest BCUT2D eigenvalue weighted by atomic mass is 127. The molecule has 1 aromatic rings. The quantitative estimate of drug-likeness (QED) is 0.728. The minimum atomic E-state index is -3.73. The van der Waals surface area contributed by atoms with Gasteiger partial charge < -0.3 is 4.90 Å². The van der Waals surface area contributed by atoms with E-state index in [1.54, 1.807) is 17.0 Å². The predicted octanol–water partition coefficient (Wildman–Crippen LogP) is 1.23. The smallest absolute Gasteiger partial charge is 0.239 e. The number of halogens is 1. The topological polar surface area (TPSA) is 80.5 Å². The van der Waals surface area contributed by atoms with Crippen LogP contribution in [0.1, 0.15) is 24.5 Å². The van der Waals surface area contributed by atoms with Crippen LogP contribution >= 0.6 is 22.6 Å². The number of carbonyl (C=O) groups is 1. The molecule has 0 fully saturated rings. The number of nitrogens with zero attached hydrogens (tertiary/aromatic N) is 1. The van der Waals surface area contributed by atoms with Gasteiger partial charge >= 0.3 is 0 Å². The van der Waals surface area contributed by atoms with Crippen LogP contribution in [0.25, 0.3) is 0 Å². The number of nitrogens with two attached hydrogens (primary N) is 1. The standard InChI is InChI=1S/C12H15IN2O3S/c1-8(16)15-6-2-3-9-4-5-11(19(14,17)18)12(13)10(9)7-15/h4-5H,2-3,6-7H2,1H3,(H2,14,17,18). The van der Waals surface area contributed by atoms with Crippen molar-refractivity contribution >= 4 is 38.5 Å². The molecule has 7 heteroatoms. The summed E-state index contributed by atoms with van der Waals surface area (Å²) in [5, 5.41) is 5.21. The Morgan fingerprint density at radius 2 is 2.11 bits per heavy atom. The molecule has 1 aliphatic heterocycles. The lowest BCUT2D eigenvalue weighted by Crippen LogP contribution is -2.28. The average molecular weight is 394 g/mol. The molecule has 0 atom stereocenters. The molecule has 5 nitrogen and oxygen atoms in total.